The minimum Gasteiger partial charge on any atom is -0.507 e. The summed E-state index contributed by atoms with van der Waals surface area (Å²) in [5.74, 6) is 3.55. The molecule has 22 heavy (non-hydrogen) atoms. The summed E-state index contributed by atoms with van der Waals surface area (Å²) >= 11 is 0. The molecule has 0 aromatic heterocycles. The number of aliphatic hydroxyl groups excluding tert-OH is 1. The average molecular weight is 304 g/mol. The van der Waals surface area contributed by atoms with Crippen LogP contribution in [0.4, 0.5) is 0 Å². The largest absolute Gasteiger partial charge is 0.507 e. The Hall–Kier alpha value is -2.57. The van der Waals surface area contributed by atoms with E-state index in [4.69, 9.17) is 11.6 Å². The van der Waals surface area contributed by atoms with Gasteiger partial charge >= 0.3 is 0 Å². The van der Waals surface area contributed by atoms with Crippen LogP contribution in [0.25, 0.3) is 0 Å². The van der Waals surface area contributed by atoms with Gasteiger partial charge in [0.25, 0.3) is 5.91 Å². The van der Waals surface area contributed by atoms with Crippen LogP contribution in [0.2, 0.25) is 0 Å². The van der Waals surface area contributed by atoms with Gasteiger partial charge in [-0.1, -0.05) is 18.2 Å². The molecular formula is C15H20N4O3. The number of carbonyl (C=O) groups excluding carboxylic acids is 2. The number of amides is 1. The third-order valence-corrected chi connectivity index (χ3v) is 3.92. The van der Waals surface area contributed by atoms with Crippen LogP contribution in [0.1, 0.15) is 26.2 Å². The molecule has 0 saturated heterocycles. The molecule has 1 aliphatic carbocycles. The van der Waals surface area contributed by atoms with Crippen LogP contribution in [-0.4, -0.2) is 40.1 Å². The van der Waals surface area contributed by atoms with Gasteiger partial charge in [-0.05, 0) is 19.8 Å². The fourth-order valence-corrected chi connectivity index (χ4v) is 2.77. The van der Waals surface area contributed by atoms with Gasteiger partial charge in [0.2, 0.25) is 5.78 Å². The van der Waals surface area contributed by atoms with Crippen LogP contribution >= 0.6 is 0 Å². The first kappa shape index (κ1) is 15.8. The average Bonchev–Trinajstić information content (AvgIpc) is 2.77. The number of rotatable bonds is 4. The normalized spacial score (nSPS) is 22.3. The Morgan fingerprint density at radius 2 is 2.23 bits per heavy atom. The fourth-order valence-electron chi connectivity index (χ4n) is 2.77. The van der Waals surface area contributed by atoms with Crippen molar-refractivity contribution >= 4 is 17.5 Å². The van der Waals surface area contributed by atoms with Gasteiger partial charge in [-0.25, -0.2) is 0 Å². The van der Waals surface area contributed by atoms with E-state index in [1.165, 1.54) is 0 Å². The Morgan fingerprint density at radius 3 is 2.86 bits per heavy atom. The minimum atomic E-state index is -0.584. The van der Waals surface area contributed by atoms with E-state index in [2.05, 4.69) is 5.10 Å². The summed E-state index contributed by atoms with van der Waals surface area (Å²) in [6.07, 6.45) is 6.86. The summed E-state index contributed by atoms with van der Waals surface area (Å²) in [5, 5.41) is 13.6. The summed E-state index contributed by atoms with van der Waals surface area (Å²) in [6, 6.07) is -0.198. The number of amidine groups is 1. The van der Waals surface area contributed by atoms with Crippen molar-refractivity contribution in [3.8, 4) is 0 Å². The van der Waals surface area contributed by atoms with Crippen molar-refractivity contribution in [2.24, 2.45) is 16.7 Å². The molecule has 2 rings (SSSR count). The highest BCUT2D eigenvalue weighted by molar-refractivity contribution is 6.39. The molecule has 7 nitrogen and oxygen atoms in total. The maximum Gasteiger partial charge on any atom is 0.254 e. The van der Waals surface area contributed by atoms with E-state index in [1.807, 2.05) is 25.2 Å². The molecule has 0 bridgehead atoms. The third-order valence-electron chi connectivity index (χ3n) is 3.92. The van der Waals surface area contributed by atoms with Crippen molar-refractivity contribution < 1.29 is 14.7 Å². The molecule has 1 aliphatic heterocycles. The lowest BCUT2D eigenvalue weighted by Crippen LogP contribution is -2.46. The maximum absolute atomic E-state index is 12.6. The number of carbonyl (C=O) groups is 2. The first-order valence-electron chi connectivity index (χ1n) is 7.16. The molecule has 0 saturated carbocycles. The highest BCUT2D eigenvalue weighted by Crippen LogP contribution is 2.33. The van der Waals surface area contributed by atoms with E-state index in [-0.39, 0.29) is 35.5 Å². The molecule has 0 spiro atoms. The second-order valence-electron chi connectivity index (χ2n) is 5.15. The molecule has 7 heteroatoms. The molecule has 1 atom stereocenters. The number of allylic oxidation sites excluding steroid dienone is 2. The van der Waals surface area contributed by atoms with Gasteiger partial charge < -0.3 is 21.6 Å². The Labute approximate surface area is 128 Å². The smallest absolute Gasteiger partial charge is 0.254 e. The van der Waals surface area contributed by atoms with Crippen LogP contribution in [0, 0.1) is 0 Å². The van der Waals surface area contributed by atoms with E-state index >= 15 is 0 Å². The number of hydrogen-bond acceptors (Lipinski definition) is 5. The molecule has 0 fully saturated rings. The molecule has 5 N–H and O–H groups in total. The number of hydrogen-bond donors (Lipinski definition) is 3. The van der Waals surface area contributed by atoms with E-state index in [1.54, 1.807) is 4.90 Å². The van der Waals surface area contributed by atoms with Crippen molar-refractivity contribution in [3.05, 3.63) is 35.1 Å². The zero-order chi connectivity index (χ0) is 16.3. The van der Waals surface area contributed by atoms with Crippen molar-refractivity contribution in [1.82, 2.24) is 4.90 Å². The lowest BCUT2D eigenvalue weighted by molar-refractivity contribution is -0.130. The number of fused-ring (bicyclic) bond motifs is 1. The van der Waals surface area contributed by atoms with Crippen LogP contribution in [0.3, 0.4) is 0 Å². The summed E-state index contributed by atoms with van der Waals surface area (Å²) in [6.45, 7) is 2.35. The zero-order valence-corrected chi connectivity index (χ0v) is 12.5. The SMILES string of the molecule is CCN1C(=O)C(CC(=O)/C(N)=N/N)=C(O)C2=CCC=CCC21. The predicted octanol–water partition coefficient (Wildman–Crippen LogP) is 0.496. The fraction of sp³-hybridized carbons (Fsp3) is 0.400. The lowest BCUT2D eigenvalue weighted by Gasteiger charge is -2.36. The molecule has 1 heterocycles. The van der Waals surface area contributed by atoms with Gasteiger partial charge in [0.05, 0.1) is 11.6 Å². The Balaban J connectivity index is 2.43. The highest BCUT2D eigenvalue weighted by atomic mass is 16.3. The van der Waals surface area contributed by atoms with E-state index < -0.39 is 5.78 Å². The van der Waals surface area contributed by atoms with Crippen molar-refractivity contribution in [3.63, 3.8) is 0 Å². The topological polar surface area (TPSA) is 122 Å². The number of nitrogens with zero attached hydrogens (tertiary/aromatic N) is 2. The summed E-state index contributed by atoms with van der Waals surface area (Å²) in [5.41, 5.74) is 6.09. The molecule has 2 aliphatic rings. The highest BCUT2D eigenvalue weighted by Gasteiger charge is 2.37. The van der Waals surface area contributed by atoms with Crippen LogP contribution in [0.5, 0.6) is 0 Å². The van der Waals surface area contributed by atoms with Gasteiger partial charge in [-0.15, -0.1) is 0 Å². The number of ketones is 1. The number of aliphatic hydroxyl groups is 1. The lowest BCUT2D eigenvalue weighted by atomic mass is 9.90. The molecule has 1 unspecified atom stereocenters. The summed E-state index contributed by atoms with van der Waals surface area (Å²) in [4.78, 5) is 26.1. The van der Waals surface area contributed by atoms with Crippen LogP contribution in [0.15, 0.2) is 40.2 Å². The van der Waals surface area contributed by atoms with Gasteiger partial charge in [0, 0.05) is 18.5 Å². The summed E-state index contributed by atoms with van der Waals surface area (Å²) in [7, 11) is 0. The predicted molar refractivity (Wildman–Crippen MR) is 82.7 cm³/mol. The Morgan fingerprint density at radius 1 is 1.50 bits per heavy atom. The van der Waals surface area contributed by atoms with E-state index in [9.17, 15) is 14.7 Å². The van der Waals surface area contributed by atoms with Gasteiger partial charge in [-0.3, -0.25) is 9.59 Å². The second-order valence-corrected chi connectivity index (χ2v) is 5.15. The monoisotopic (exact) mass is 304 g/mol. The molecule has 0 radical (unpaired) electrons. The van der Waals surface area contributed by atoms with Crippen molar-refractivity contribution in [2.45, 2.75) is 32.2 Å². The third kappa shape index (κ3) is 2.74. The van der Waals surface area contributed by atoms with Gasteiger partial charge in [0.15, 0.2) is 5.84 Å². The minimum absolute atomic E-state index is 0.0443. The van der Waals surface area contributed by atoms with Crippen molar-refractivity contribution in [1.29, 1.82) is 0 Å². The zero-order valence-electron chi connectivity index (χ0n) is 12.5. The van der Waals surface area contributed by atoms with Gasteiger partial charge in [0.1, 0.15) is 5.76 Å². The van der Waals surface area contributed by atoms with Crippen molar-refractivity contribution in [2.75, 3.05) is 6.54 Å². The first-order valence-corrected chi connectivity index (χ1v) is 7.16. The Kier molecular flexibility index (Phi) is 4.65. The second kappa shape index (κ2) is 6.46. The van der Waals surface area contributed by atoms with E-state index in [0.29, 0.717) is 25.0 Å². The molecule has 0 aromatic carbocycles. The number of Topliss-reactive ketones (excluding diaryl/α,β-unsaturated/α-hetero) is 1. The van der Waals surface area contributed by atoms with Crippen LogP contribution < -0.4 is 11.6 Å². The maximum atomic E-state index is 12.6. The molecular weight excluding hydrogens is 284 g/mol. The number of hydrazone groups is 1. The quantitative estimate of drug-likeness (QED) is 0.229. The summed E-state index contributed by atoms with van der Waals surface area (Å²) < 4.78 is 0. The number of nitrogens with two attached hydrogens (primary N) is 2. The van der Waals surface area contributed by atoms with E-state index in [0.717, 1.165) is 0 Å². The first-order chi connectivity index (χ1) is 10.5. The Bertz CT molecular complexity index is 616. The standard InChI is InChI=1S/C15H20N4O3/c1-2-19-11-7-5-3-4-6-9(11)13(21)10(15(19)22)8-12(20)14(16)18-17/h3,5-6,11,21H,2,4,7-8,17H2,1H3,(H2,16,18). The molecule has 118 valence electrons. The molecule has 0 aromatic rings. The molecule has 1 amide bonds. The number of likely N-dealkylation sites (N-methyl/N-ethyl adjacent to an activating group) is 1. The van der Waals surface area contributed by atoms with Crippen LogP contribution in [-0.2, 0) is 9.59 Å². The van der Waals surface area contributed by atoms with Gasteiger partial charge in [-0.2, -0.15) is 5.10 Å².